The van der Waals surface area contributed by atoms with Gasteiger partial charge in [0.25, 0.3) is 0 Å². The Balaban J connectivity index is 1.34. The van der Waals surface area contributed by atoms with Gasteiger partial charge < -0.3 is 19.7 Å². The van der Waals surface area contributed by atoms with E-state index in [-0.39, 0.29) is 18.7 Å². The third kappa shape index (κ3) is 8.01. The van der Waals surface area contributed by atoms with Crippen LogP contribution in [0.25, 0.3) is 16.9 Å². The summed E-state index contributed by atoms with van der Waals surface area (Å²) in [5.74, 6) is 1.56. The van der Waals surface area contributed by atoms with Gasteiger partial charge in [0, 0.05) is 42.5 Å². The van der Waals surface area contributed by atoms with Gasteiger partial charge in [0.2, 0.25) is 0 Å². The largest absolute Gasteiger partial charge is 0.444 e. The van der Waals surface area contributed by atoms with Crippen LogP contribution in [0.3, 0.4) is 0 Å². The number of carbonyl (C=O) groups excluding carboxylic acids is 2. The van der Waals surface area contributed by atoms with Crippen LogP contribution in [0.15, 0.2) is 60.9 Å². The van der Waals surface area contributed by atoms with Crippen LogP contribution in [0, 0.1) is 0 Å². The molecule has 11 nitrogen and oxygen atoms in total. The van der Waals surface area contributed by atoms with E-state index in [9.17, 15) is 9.59 Å². The molecule has 0 spiro atoms. The number of amides is 2. The van der Waals surface area contributed by atoms with Crippen molar-refractivity contribution in [3.05, 3.63) is 72.1 Å². The van der Waals surface area contributed by atoms with E-state index < -0.39 is 17.3 Å². The average molecular weight is 640 g/mol. The molecular weight excluding hydrogens is 594 g/mol. The van der Waals surface area contributed by atoms with Gasteiger partial charge in [-0.15, -0.1) is 0 Å². The number of hydrogen-bond donors (Lipinski definition) is 1. The van der Waals surface area contributed by atoms with Gasteiger partial charge in [0.05, 0.1) is 18.4 Å². The quantitative estimate of drug-likeness (QED) is 0.222. The minimum atomic E-state index is -0.706. The van der Waals surface area contributed by atoms with E-state index in [1.165, 1.54) is 0 Å². The monoisotopic (exact) mass is 639 g/mol. The van der Waals surface area contributed by atoms with Crippen LogP contribution in [0.2, 0.25) is 0 Å². The van der Waals surface area contributed by atoms with Crippen LogP contribution in [0.5, 0.6) is 0 Å². The number of likely N-dealkylation sites (tertiary alicyclic amines) is 1. The molecule has 1 aliphatic carbocycles. The lowest BCUT2D eigenvalue weighted by Gasteiger charge is -2.34. The Morgan fingerprint density at radius 2 is 1.72 bits per heavy atom. The summed E-state index contributed by atoms with van der Waals surface area (Å²) < 4.78 is 13.3. The predicted molar refractivity (Wildman–Crippen MR) is 182 cm³/mol. The summed E-state index contributed by atoms with van der Waals surface area (Å²) in [6.07, 6.45) is 6.72. The van der Waals surface area contributed by atoms with E-state index in [0.717, 1.165) is 48.1 Å². The zero-order valence-corrected chi connectivity index (χ0v) is 28.2. The second-order valence-electron chi connectivity index (χ2n) is 14.5. The minimum Gasteiger partial charge on any atom is -0.444 e. The fourth-order valence-electron chi connectivity index (χ4n) is 5.76. The molecule has 1 saturated heterocycles. The molecule has 3 aromatic heterocycles. The summed E-state index contributed by atoms with van der Waals surface area (Å²) in [5.41, 5.74) is 3.30. The molecule has 1 saturated carbocycles. The summed E-state index contributed by atoms with van der Waals surface area (Å²) >= 11 is 0. The van der Waals surface area contributed by atoms with Crippen molar-refractivity contribution in [2.24, 2.45) is 0 Å². The number of aromatic nitrogens is 4. The highest BCUT2D eigenvalue weighted by atomic mass is 16.6. The van der Waals surface area contributed by atoms with Gasteiger partial charge in [-0.2, -0.15) is 9.61 Å². The smallest absolute Gasteiger partial charge is 0.416 e. The maximum atomic E-state index is 13.9. The second kappa shape index (κ2) is 12.8. The maximum Gasteiger partial charge on any atom is 0.416 e. The summed E-state index contributed by atoms with van der Waals surface area (Å²) in [6, 6.07) is 15.7. The van der Waals surface area contributed by atoms with Crippen LogP contribution >= 0.6 is 0 Å². The van der Waals surface area contributed by atoms with Crippen LogP contribution in [-0.4, -0.2) is 67.0 Å². The molecule has 47 heavy (non-hydrogen) atoms. The molecule has 6 rings (SSSR count). The molecule has 2 fully saturated rings. The number of nitrogens with one attached hydrogen (secondary N) is 1. The Bertz CT molecular complexity index is 1720. The molecule has 1 N–H and O–H groups in total. The summed E-state index contributed by atoms with van der Waals surface area (Å²) in [5, 5.41) is 8.31. The number of fused-ring (bicyclic) bond motifs is 1. The normalized spacial score (nSPS) is 17.0. The summed E-state index contributed by atoms with van der Waals surface area (Å²) in [4.78, 5) is 39.7. The van der Waals surface area contributed by atoms with Crippen molar-refractivity contribution in [1.29, 1.82) is 0 Å². The van der Waals surface area contributed by atoms with E-state index in [1.807, 2.05) is 96.3 Å². The Hall–Kier alpha value is -4.67. The molecule has 248 valence electrons. The first-order chi connectivity index (χ1) is 22.3. The first-order valence-electron chi connectivity index (χ1n) is 16.5. The van der Waals surface area contributed by atoms with Gasteiger partial charge in [-0.25, -0.2) is 14.6 Å². The number of piperidine rings is 1. The zero-order chi connectivity index (χ0) is 33.3. The molecule has 11 heteroatoms. The van der Waals surface area contributed by atoms with Gasteiger partial charge in [0.15, 0.2) is 5.65 Å². The van der Waals surface area contributed by atoms with Gasteiger partial charge >= 0.3 is 12.2 Å². The fraction of sp³-hybridized carbons (Fsp3) is 0.472. The molecule has 2 amide bonds. The SMILES string of the molecule is CC(C)(C)OC(=O)N1CCC[C@H](Nc2cc(N(Cc3ccc(-c4ccccn4)cc3)C(=O)OC(C)(C)C)n3ncc(C4CC4)c3n2)C1. The molecule has 4 heterocycles. The highest BCUT2D eigenvalue weighted by Crippen LogP contribution is 2.42. The topological polar surface area (TPSA) is 114 Å². The number of rotatable bonds is 7. The molecule has 1 aliphatic heterocycles. The lowest BCUT2D eigenvalue weighted by atomic mass is 10.1. The summed E-state index contributed by atoms with van der Waals surface area (Å²) in [7, 11) is 0. The molecule has 0 bridgehead atoms. The van der Waals surface area contributed by atoms with Crippen molar-refractivity contribution in [2.75, 3.05) is 23.3 Å². The molecule has 1 aromatic carbocycles. The highest BCUT2D eigenvalue weighted by molar-refractivity contribution is 5.88. The van der Waals surface area contributed by atoms with Gasteiger partial charge in [-0.1, -0.05) is 30.3 Å². The van der Waals surface area contributed by atoms with E-state index >= 15 is 0 Å². The van der Waals surface area contributed by atoms with Crippen molar-refractivity contribution in [3.8, 4) is 11.3 Å². The first kappa shape index (κ1) is 32.3. The fourth-order valence-corrected chi connectivity index (χ4v) is 5.76. The van der Waals surface area contributed by atoms with Gasteiger partial charge in [0.1, 0.15) is 22.8 Å². The van der Waals surface area contributed by atoms with Crippen molar-refractivity contribution in [2.45, 2.75) is 96.9 Å². The maximum absolute atomic E-state index is 13.9. The van der Waals surface area contributed by atoms with E-state index in [1.54, 1.807) is 20.5 Å². The lowest BCUT2D eigenvalue weighted by molar-refractivity contribution is 0.0206. The van der Waals surface area contributed by atoms with Gasteiger partial charge in [-0.3, -0.25) is 9.88 Å². The standard InChI is InChI=1S/C36H45N7O4/c1-35(2,3)46-33(44)41-19-9-10-27(23-41)39-30-20-31(43-32(40-30)28(21-38-43)25-16-17-25)42(34(45)47-36(4,5)6)22-24-12-14-26(15-13-24)29-11-7-8-18-37-29/h7-8,11-15,18,20-21,25,27H,9-10,16-17,19,22-23H2,1-6H3,(H,39,40)/t27-/m0/s1. The van der Waals surface area contributed by atoms with Crippen LogP contribution in [0.4, 0.5) is 21.2 Å². The number of nitrogens with zero attached hydrogens (tertiary/aromatic N) is 6. The Morgan fingerprint density at radius 3 is 2.38 bits per heavy atom. The van der Waals surface area contributed by atoms with E-state index in [4.69, 9.17) is 19.6 Å². The Labute approximate surface area is 276 Å². The average Bonchev–Trinajstić information content (AvgIpc) is 3.77. The van der Waals surface area contributed by atoms with Crippen LogP contribution in [0.1, 0.15) is 84.3 Å². The first-order valence-corrected chi connectivity index (χ1v) is 16.5. The number of ether oxygens (including phenoxy) is 2. The molecule has 4 aromatic rings. The van der Waals surface area contributed by atoms with Crippen LogP contribution in [-0.2, 0) is 16.0 Å². The van der Waals surface area contributed by atoms with E-state index in [0.29, 0.717) is 36.3 Å². The highest BCUT2D eigenvalue weighted by Gasteiger charge is 2.32. The summed E-state index contributed by atoms with van der Waals surface area (Å²) in [6.45, 7) is 12.6. The molecule has 2 aliphatic rings. The van der Waals surface area contributed by atoms with Crippen molar-refractivity contribution in [3.63, 3.8) is 0 Å². The zero-order valence-electron chi connectivity index (χ0n) is 28.2. The van der Waals surface area contributed by atoms with E-state index in [2.05, 4.69) is 10.3 Å². The van der Waals surface area contributed by atoms with Crippen molar-refractivity contribution >= 4 is 29.5 Å². The predicted octanol–water partition coefficient (Wildman–Crippen LogP) is 7.42. The Kier molecular flexibility index (Phi) is 8.82. The minimum absolute atomic E-state index is 0.0412. The van der Waals surface area contributed by atoms with Crippen molar-refractivity contribution < 1.29 is 19.1 Å². The number of benzene rings is 1. The third-order valence-electron chi connectivity index (χ3n) is 8.07. The third-order valence-corrected chi connectivity index (χ3v) is 8.07. The molecule has 1 atom stereocenters. The lowest BCUT2D eigenvalue weighted by Crippen LogP contribution is -2.47. The Morgan fingerprint density at radius 1 is 0.979 bits per heavy atom. The number of anilines is 2. The van der Waals surface area contributed by atoms with Gasteiger partial charge in [-0.05, 0) is 90.8 Å². The number of hydrogen-bond acceptors (Lipinski definition) is 8. The molecule has 0 radical (unpaired) electrons. The molecule has 0 unspecified atom stereocenters. The second-order valence-corrected chi connectivity index (χ2v) is 14.5. The molecular formula is C36H45N7O4. The van der Waals surface area contributed by atoms with Crippen LogP contribution < -0.4 is 10.2 Å². The number of carbonyl (C=O) groups is 2. The number of pyridine rings is 1. The van der Waals surface area contributed by atoms with Crippen molar-refractivity contribution in [1.82, 2.24) is 24.5 Å².